The smallest absolute Gasteiger partial charge is 0.409 e. The van der Waals surface area contributed by atoms with E-state index in [4.69, 9.17) is 4.74 Å². The molecule has 0 bridgehead atoms. The van der Waals surface area contributed by atoms with Crippen molar-refractivity contribution in [2.45, 2.75) is 57.4 Å². The molecule has 6 heteroatoms. The molecular weight excluding hydrogens is 366 g/mol. The lowest BCUT2D eigenvalue weighted by atomic mass is 9.92. The van der Waals surface area contributed by atoms with Crippen LogP contribution in [0.1, 0.15) is 51.5 Å². The second-order valence-electron chi connectivity index (χ2n) is 8.34. The minimum atomic E-state index is -0.321. The van der Waals surface area contributed by atoms with Gasteiger partial charge in [-0.2, -0.15) is 0 Å². The number of likely N-dealkylation sites (N-methyl/N-ethyl adjacent to an activating group) is 1. The van der Waals surface area contributed by atoms with Crippen LogP contribution in [0.25, 0.3) is 0 Å². The first-order valence-electron chi connectivity index (χ1n) is 10.9. The molecule has 1 aromatic rings. The Hall–Kier alpha value is -2.24. The summed E-state index contributed by atoms with van der Waals surface area (Å²) < 4.78 is 4.81. The maximum Gasteiger partial charge on any atom is 0.409 e. The predicted molar refractivity (Wildman–Crippen MR) is 115 cm³/mol. The van der Waals surface area contributed by atoms with Crippen LogP contribution in [-0.2, 0) is 14.9 Å². The molecule has 0 N–H and O–H groups in total. The van der Waals surface area contributed by atoms with E-state index in [-0.39, 0.29) is 17.4 Å². The molecule has 160 valence electrons. The summed E-state index contributed by atoms with van der Waals surface area (Å²) in [5.74, 6) is 0.275. The standard InChI is InChI=1S/C23H35N3O3/c1-5-7-19(6-2)24(3)21(27)23(12-13-23)18-8-10-20(11-9-18)25-14-16-26(17-15-25)22(28)29-4/h8-11,19H,5-7,12-17H2,1-4H3. The minimum absolute atomic E-state index is 0.258. The second kappa shape index (κ2) is 9.06. The van der Waals surface area contributed by atoms with Gasteiger partial charge in [0.1, 0.15) is 0 Å². The SMILES string of the molecule is CCCC(CC)N(C)C(=O)C1(c2ccc(N3CCN(C(=O)OC)CC3)cc2)CC1. The van der Waals surface area contributed by atoms with Gasteiger partial charge in [0.15, 0.2) is 0 Å². The first-order chi connectivity index (χ1) is 14.0. The third kappa shape index (κ3) is 4.36. The molecule has 6 nitrogen and oxygen atoms in total. The summed E-state index contributed by atoms with van der Waals surface area (Å²) in [5.41, 5.74) is 1.96. The fourth-order valence-corrected chi connectivity index (χ4v) is 4.53. The van der Waals surface area contributed by atoms with Crippen LogP contribution in [0.3, 0.4) is 0 Å². The van der Waals surface area contributed by atoms with Gasteiger partial charge in [-0.05, 0) is 43.4 Å². The highest BCUT2D eigenvalue weighted by molar-refractivity contribution is 5.91. The van der Waals surface area contributed by atoms with Gasteiger partial charge in [0.2, 0.25) is 5.91 Å². The van der Waals surface area contributed by atoms with E-state index >= 15 is 0 Å². The Bertz CT molecular complexity index is 707. The molecule has 0 spiro atoms. The Kier molecular flexibility index (Phi) is 6.70. The van der Waals surface area contributed by atoms with Gasteiger partial charge in [0, 0.05) is 45.0 Å². The van der Waals surface area contributed by atoms with E-state index in [0.717, 1.165) is 56.4 Å². The molecule has 1 aliphatic carbocycles. The quantitative estimate of drug-likeness (QED) is 0.700. The number of rotatable bonds is 7. The van der Waals surface area contributed by atoms with Crippen molar-refractivity contribution in [1.82, 2.24) is 9.80 Å². The zero-order chi connectivity index (χ0) is 21.0. The van der Waals surface area contributed by atoms with Gasteiger partial charge in [0.05, 0.1) is 12.5 Å². The molecule has 1 heterocycles. The zero-order valence-electron chi connectivity index (χ0n) is 18.3. The monoisotopic (exact) mass is 401 g/mol. The summed E-state index contributed by atoms with van der Waals surface area (Å²) in [6.45, 7) is 7.25. The van der Waals surface area contributed by atoms with Gasteiger partial charge in [-0.25, -0.2) is 4.79 Å². The summed E-state index contributed by atoms with van der Waals surface area (Å²) in [4.78, 5) is 30.9. The van der Waals surface area contributed by atoms with E-state index in [9.17, 15) is 9.59 Å². The molecule has 1 saturated carbocycles. The van der Waals surface area contributed by atoms with Crippen molar-refractivity contribution >= 4 is 17.7 Å². The fraction of sp³-hybridized carbons (Fsp3) is 0.652. The first kappa shape index (κ1) is 21.5. The first-order valence-corrected chi connectivity index (χ1v) is 10.9. The van der Waals surface area contributed by atoms with E-state index in [1.165, 1.54) is 7.11 Å². The van der Waals surface area contributed by atoms with Crippen LogP contribution in [0, 0.1) is 0 Å². The number of anilines is 1. The topological polar surface area (TPSA) is 53.1 Å². The van der Waals surface area contributed by atoms with Crippen molar-refractivity contribution in [1.29, 1.82) is 0 Å². The molecule has 2 aliphatic rings. The van der Waals surface area contributed by atoms with Crippen molar-refractivity contribution in [2.24, 2.45) is 0 Å². The number of ether oxygens (including phenoxy) is 1. The highest BCUT2D eigenvalue weighted by Gasteiger charge is 2.53. The van der Waals surface area contributed by atoms with Crippen LogP contribution in [0.15, 0.2) is 24.3 Å². The molecule has 1 aliphatic heterocycles. The number of carbonyl (C=O) groups is 2. The van der Waals surface area contributed by atoms with Crippen LogP contribution in [0.5, 0.6) is 0 Å². The van der Waals surface area contributed by atoms with Crippen molar-refractivity contribution in [2.75, 3.05) is 45.2 Å². The fourth-order valence-electron chi connectivity index (χ4n) is 4.53. The summed E-state index contributed by atoms with van der Waals surface area (Å²) in [6.07, 6.45) is 4.78. The van der Waals surface area contributed by atoms with Crippen molar-refractivity contribution < 1.29 is 14.3 Å². The van der Waals surface area contributed by atoms with Gasteiger partial charge in [-0.3, -0.25) is 4.79 Å². The molecule has 1 saturated heterocycles. The van der Waals surface area contributed by atoms with Crippen LogP contribution in [0.4, 0.5) is 10.5 Å². The van der Waals surface area contributed by atoms with E-state index in [2.05, 4.69) is 43.0 Å². The number of piperazine rings is 1. The molecular formula is C23H35N3O3. The number of methoxy groups -OCH3 is 1. The second-order valence-corrected chi connectivity index (χ2v) is 8.34. The molecule has 0 radical (unpaired) electrons. The van der Waals surface area contributed by atoms with Crippen LogP contribution < -0.4 is 4.90 Å². The number of hydrogen-bond donors (Lipinski definition) is 0. The highest BCUT2D eigenvalue weighted by Crippen LogP contribution is 2.50. The minimum Gasteiger partial charge on any atom is -0.453 e. The lowest BCUT2D eigenvalue weighted by molar-refractivity contribution is -0.135. The number of nitrogens with zero attached hydrogens (tertiary/aromatic N) is 3. The third-order valence-corrected chi connectivity index (χ3v) is 6.62. The van der Waals surface area contributed by atoms with Crippen molar-refractivity contribution in [3.63, 3.8) is 0 Å². The van der Waals surface area contributed by atoms with Gasteiger partial charge in [0.25, 0.3) is 0 Å². The van der Waals surface area contributed by atoms with Crippen molar-refractivity contribution in [3.05, 3.63) is 29.8 Å². The average molecular weight is 402 g/mol. The Labute approximate surface area is 174 Å². The highest BCUT2D eigenvalue weighted by atomic mass is 16.5. The lowest BCUT2D eigenvalue weighted by Gasteiger charge is -2.35. The molecule has 2 amide bonds. The Morgan fingerprint density at radius 1 is 1.10 bits per heavy atom. The van der Waals surface area contributed by atoms with Gasteiger partial charge >= 0.3 is 6.09 Å². The van der Waals surface area contributed by atoms with Crippen molar-refractivity contribution in [3.8, 4) is 0 Å². The Balaban J connectivity index is 1.65. The van der Waals surface area contributed by atoms with E-state index in [0.29, 0.717) is 19.1 Å². The van der Waals surface area contributed by atoms with E-state index in [1.54, 1.807) is 4.90 Å². The summed E-state index contributed by atoms with van der Waals surface area (Å²) in [7, 11) is 3.40. The molecule has 1 unspecified atom stereocenters. The van der Waals surface area contributed by atoms with Gasteiger partial charge < -0.3 is 19.4 Å². The normalized spacial score (nSPS) is 18.9. The molecule has 1 aromatic carbocycles. The maximum absolute atomic E-state index is 13.3. The van der Waals surface area contributed by atoms with Gasteiger partial charge in [-0.1, -0.05) is 32.4 Å². The molecule has 2 fully saturated rings. The van der Waals surface area contributed by atoms with Crippen LogP contribution >= 0.6 is 0 Å². The van der Waals surface area contributed by atoms with Crippen LogP contribution in [0.2, 0.25) is 0 Å². The van der Waals surface area contributed by atoms with E-state index < -0.39 is 0 Å². The third-order valence-electron chi connectivity index (χ3n) is 6.62. The molecule has 3 rings (SSSR count). The Morgan fingerprint density at radius 2 is 1.72 bits per heavy atom. The van der Waals surface area contributed by atoms with E-state index in [1.807, 2.05) is 11.9 Å². The summed E-state index contributed by atoms with van der Waals surface area (Å²) in [5, 5.41) is 0. The number of benzene rings is 1. The summed E-state index contributed by atoms with van der Waals surface area (Å²) in [6, 6.07) is 8.83. The number of amides is 2. The average Bonchev–Trinajstić information content (AvgIpc) is 3.58. The molecule has 1 atom stereocenters. The lowest BCUT2D eigenvalue weighted by Crippen LogP contribution is -2.48. The maximum atomic E-state index is 13.3. The zero-order valence-corrected chi connectivity index (χ0v) is 18.3. The summed E-state index contributed by atoms with van der Waals surface area (Å²) >= 11 is 0. The number of hydrogen-bond acceptors (Lipinski definition) is 4. The number of carbonyl (C=O) groups excluding carboxylic acids is 2. The largest absolute Gasteiger partial charge is 0.453 e. The molecule has 0 aromatic heterocycles. The molecule has 29 heavy (non-hydrogen) atoms. The Morgan fingerprint density at radius 3 is 2.21 bits per heavy atom. The van der Waals surface area contributed by atoms with Gasteiger partial charge in [-0.15, -0.1) is 0 Å². The van der Waals surface area contributed by atoms with Crippen LogP contribution in [-0.4, -0.2) is 68.2 Å². The predicted octanol–water partition coefficient (Wildman–Crippen LogP) is 3.64.